The lowest BCUT2D eigenvalue weighted by molar-refractivity contribution is 0.0949. The van der Waals surface area contributed by atoms with E-state index in [1.807, 2.05) is 18.2 Å². The second kappa shape index (κ2) is 7.87. The van der Waals surface area contributed by atoms with Crippen LogP contribution in [0, 0.1) is 0 Å². The summed E-state index contributed by atoms with van der Waals surface area (Å²) in [5, 5.41) is 2.63. The van der Waals surface area contributed by atoms with E-state index in [4.69, 9.17) is 55.9 Å². The maximum absolute atomic E-state index is 12.2. The Balaban J connectivity index is 1.64. The van der Waals surface area contributed by atoms with E-state index in [1.54, 1.807) is 0 Å². The Morgan fingerprint density at radius 3 is 2.52 bits per heavy atom. The molecule has 0 fully saturated rings. The number of nitrogens with zero attached hydrogens (tertiary/aromatic N) is 1. The molecule has 0 bridgehead atoms. The fraction of sp³-hybridized carbons (Fsp3) is 0.250. The van der Waals surface area contributed by atoms with Crippen molar-refractivity contribution in [2.24, 2.45) is 0 Å². The van der Waals surface area contributed by atoms with Crippen molar-refractivity contribution in [2.75, 3.05) is 19.8 Å². The van der Waals surface area contributed by atoms with Crippen LogP contribution in [0.5, 0.6) is 11.5 Å². The number of hydrogen-bond donors (Lipinski definition) is 1. The molecule has 1 aliphatic rings. The van der Waals surface area contributed by atoms with Crippen LogP contribution in [-0.4, -0.2) is 30.6 Å². The predicted molar refractivity (Wildman–Crippen MR) is 97.7 cm³/mol. The highest BCUT2D eigenvalue weighted by atomic mass is 35.5. The molecular weight excluding hydrogens is 410 g/mol. The number of nitrogens with one attached hydrogen (secondary N) is 1. The minimum atomic E-state index is -0.483. The summed E-state index contributed by atoms with van der Waals surface area (Å²) in [6.45, 7) is 1.44. The second-order valence-corrected chi connectivity index (χ2v) is 6.67. The van der Waals surface area contributed by atoms with Gasteiger partial charge in [-0.15, -0.1) is 0 Å². The predicted octanol–water partition coefficient (Wildman–Crippen LogP) is 4.44. The first-order valence-corrected chi connectivity index (χ1v) is 8.85. The molecule has 2 heterocycles. The summed E-state index contributed by atoms with van der Waals surface area (Å²) in [5.74, 6) is 0.944. The standard InChI is InChI=1S/C16H12Cl4N2O3/c17-11-12(18)14(22-15(20)13(11)19)16(23)21-4-3-8-1-2-9-10(7-8)25-6-5-24-9/h1-2,7H,3-6H2,(H,21,23). The SMILES string of the molecule is O=C(NCCc1ccc2c(c1)OCCO2)c1nc(Cl)c(Cl)c(Cl)c1Cl. The van der Waals surface area contributed by atoms with Crippen LogP contribution in [0.2, 0.25) is 20.2 Å². The van der Waals surface area contributed by atoms with Gasteiger partial charge in [-0.2, -0.15) is 0 Å². The van der Waals surface area contributed by atoms with E-state index in [0.717, 1.165) is 11.3 Å². The lowest BCUT2D eigenvalue weighted by atomic mass is 10.1. The third-order valence-electron chi connectivity index (χ3n) is 3.51. The largest absolute Gasteiger partial charge is 0.486 e. The lowest BCUT2D eigenvalue weighted by Crippen LogP contribution is -2.27. The van der Waals surface area contributed by atoms with Gasteiger partial charge in [-0.05, 0) is 24.1 Å². The molecule has 2 aromatic rings. The van der Waals surface area contributed by atoms with Gasteiger partial charge in [0.1, 0.15) is 24.1 Å². The summed E-state index contributed by atoms with van der Waals surface area (Å²) in [7, 11) is 0. The molecule has 0 radical (unpaired) electrons. The molecule has 25 heavy (non-hydrogen) atoms. The number of fused-ring (bicyclic) bond motifs is 1. The van der Waals surface area contributed by atoms with Crippen LogP contribution in [0.3, 0.4) is 0 Å². The highest BCUT2D eigenvalue weighted by Crippen LogP contribution is 2.36. The van der Waals surface area contributed by atoms with Crippen molar-refractivity contribution >= 4 is 52.3 Å². The summed E-state index contributed by atoms with van der Waals surface area (Å²) in [6.07, 6.45) is 0.592. The molecule has 1 amide bonds. The first kappa shape index (κ1) is 18.4. The minimum Gasteiger partial charge on any atom is -0.486 e. The molecule has 3 rings (SSSR count). The molecule has 0 saturated carbocycles. The van der Waals surface area contributed by atoms with E-state index in [1.165, 1.54) is 0 Å². The summed E-state index contributed by atoms with van der Waals surface area (Å²) in [6, 6.07) is 5.66. The molecule has 1 aromatic carbocycles. The summed E-state index contributed by atoms with van der Waals surface area (Å²) in [5.41, 5.74) is 0.930. The Kier molecular flexibility index (Phi) is 5.79. The van der Waals surface area contributed by atoms with Gasteiger partial charge in [0.05, 0.1) is 15.1 Å². The number of aromatic nitrogens is 1. The normalized spacial score (nSPS) is 12.8. The van der Waals surface area contributed by atoms with Gasteiger partial charge in [-0.1, -0.05) is 52.5 Å². The van der Waals surface area contributed by atoms with Crippen LogP contribution in [-0.2, 0) is 6.42 Å². The van der Waals surface area contributed by atoms with Crippen LogP contribution in [0.25, 0.3) is 0 Å². The third-order valence-corrected chi connectivity index (χ3v) is 5.18. The first-order valence-electron chi connectivity index (χ1n) is 7.34. The van der Waals surface area contributed by atoms with Crippen LogP contribution in [0.15, 0.2) is 18.2 Å². The number of carbonyl (C=O) groups excluding carboxylic acids is 1. The number of halogens is 4. The molecule has 132 valence electrons. The molecule has 0 atom stereocenters. The number of benzene rings is 1. The van der Waals surface area contributed by atoms with Crippen molar-refractivity contribution in [1.82, 2.24) is 10.3 Å². The van der Waals surface area contributed by atoms with E-state index in [0.29, 0.717) is 31.9 Å². The van der Waals surface area contributed by atoms with Crippen molar-refractivity contribution in [2.45, 2.75) is 6.42 Å². The minimum absolute atomic E-state index is 0.000296. The van der Waals surface area contributed by atoms with Gasteiger partial charge in [-0.3, -0.25) is 4.79 Å². The van der Waals surface area contributed by atoms with Gasteiger partial charge in [-0.25, -0.2) is 4.98 Å². The number of carbonyl (C=O) groups is 1. The molecule has 0 spiro atoms. The zero-order valence-corrected chi connectivity index (χ0v) is 15.8. The fourth-order valence-electron chi connectivity index (χ4n) is 2.28. The third kappa shape index (κ3) is 4.06. The molecular formula is C16H12Cl4N2O3. The second-order valence-electron chi connectivity index (χ2n) is 5.18. The number of rotatable bonds is 4. The van der Waals surface area contributed by atoms with E-state index in [-0.39, 0.29) is 25.9 Å². The Labute approximate surface area is 164 Å². The van der Waals surface area contributed by atoms with Gasteiger partial charge in [0.2, 0.25) is 0 Å². The van der Waals surface area contributed by atoms with Crippen LogP contribution >= 0.6 is 46.4 Å². The van der Waals surface area contributed by atoms with Gasteiger partial charge in [0.25, 0.3) is 5.91 Å². The molecule has 1 aliphatic heterocycles. The molecule has 9 heteroatoms. The van der Waals surface area contributed by atoms with Crippen molar-refractivity contribution in [3.05, 3.63) is 49.7 Å². The molecule has 0 unspecified atom stereocenters. The van der Waals surface area contributed by atoms with Gasteiger partial charge in [0.15, 0.2) is 11.5 Å². The molecule has 5 nitrogen and oxygen atoms in total. The van der Waals surface area contributed by atoms with Gasteiger partial charge >= 0.3 is 0 Å². The Morgan fingerprint density at radius 1 is 1.04 bits per heavy atom. The maximum atomic E-state index is 12.2. The summed E-state index contributed by atoms with van der Waals surface area (Å²) in [4.78, 5) is 16.1. The monoisotopic (exact) mass is 420 g/mol. The van der Waals surface area contributed by atoms with E-state index < -0.39 is 5.91 Å². The first-order chi connectivity index (χ1) is 12.0. The molecule has 0 aliphatic carbocycles. The average molecular weight is 422 g/mol. The Bertz CT molecular complexity index is 830. The Morgan fingerprint density at radius 2 is 1.76 bits per heavy atom. The van der Waals surface area contributed by atoms with Crippen molar-refractivity contribution in [1.29, 1.82) is 0 Å². The van der Waals surface area contributed by atoms with Crippen LogP contribution in [0.4, 0.5) is 0 Å². The van der Waals surface area contributed by atoms with Crippen molar-refractivity contribution in [3.8, 4) is 11.5 Å². The Hall–Kier alpha value is -1.40. The lowest BCUT2D eigenvalue weighted by Gasteiger charge is -2.18. The smallest absolute Gasteiger partial charge is 0.271 e. The van der Waals surface area contributed by atoms with Crippen molar-refractivity contribution in [3.63, 3.8) is 0 Å². The molecule has 1 N–H and O–H groups in total. The summed E-state index contributed by atoms with van der Waals surface area (Å²) >= 11 is 23.6. The number of pyridine rings is 1. The van der Waals surface area contributed by atoms with E-state index in [2.05, 4.69) is 10.3 Å². The van der Waals surface area contributed by atoms with Crippen LogP contribution in [0.1, 0.15) is 16.1 Å². The van der Waals surface area contributed by atoms with Gasteiger partial charge < -0.3 is 14.8 Å². The number of amides is 1. The number of hydrogen-bond acceptors (Lipinski definition) is 4. The summed E-state index contributed by atoms with van der Waals surface area (Å²) < 4.78 is 11.0. The zero-order valence-electron chi connectivity index (χ0n) is 12.7. The fourth-order valence-corrected chi connectivity index (χ4v) is 3.10. The van der Waals surface area contributed by atoms with Crippen molar-refractivity contribution < 1.29 is 14.3 Å². The average Bonchev–Trinajstić information content (AvgIpc) is 2.62. The topological polar surface area (TPSA) is 60.5 Å². The maximum Gasteiger partial charge on any atom is 0.271 e. The van der Waals surface area contributed by atoms with E-state index in [9.17, 15) is 4.79 Å². The zero-order chi connectivity index (χ0) is 18.0. The number of ether oxygens (including phenoxy) is 2. The van der Waals surface area contributed by atoms with Gasteiger partial charge in [0, 0.05) is 6.54 Å². The van der Waals surface area contributed by atoms with E-state index >= 15 is 0 Å². The van der Waals surface area contributed by atoms with Crippen LogP contribution < -0.4 is 14.8 Å². The quantitative estimate of drug-likeness (QED) is 0.741. The highest BCUT2D eigenvalue weighted by Gasteiger charge is 2.20. The molecule has 0 saturated heterocycles. The highest BCUT2D eigenvalue weighted by molar-refractivity contribution is 6.52. The molecule has 1 aromatic heterocycles.